The van der Waals surface area contributed by atoms with E-state index in [-0.39, 0.29) is 36.4 Å². The van der Waals surface area contributed by atoms with Crippen molar-refractivity contribution in [1.29, 1.82) is 0 Å². The van der Waals surface area contributed by atoms with Gasteiger partial charge in [-0.2, -0.15) is 0 Å². The van der Waals surface area contributed by atoms with Crippen molar-refractivity contribution in [1.82, 2.24) is 9.88 Å². The van der Waals surface area contributed by atoms with Gasteiger partial charge in [0.2, 0.25) is 11.8 Å². The first kappa shape index (κ1) is 25.6. The molecule has 8 nitrogen and oxygen atoms in total. The first-order valence-corrected chi connectivity index (χ1v) is 13.1. The van der Waals surface area contributed by atoms with E-state index in [0.717, 1.165) is 29.7 Å². The molecular formula is C28H33BN2O6. The second-order valence-electron chi connectivity index (χ2n) is 10.2. The molecule has 2 aliphatic heterocycles. The summed E-state index contributed by atoms with van der Waals surface area (Å²) in [5.74, 6) is -0.122. The van der Waals surface area contributed by atoms with E-state index in [4.69, 9.17) is 9.07 Å². The van der Waals surface area contributed by atoms with Crippen molar-refractivity contribution in [3.8, 4) is 0 Å². The number of carbonyl (C=O) groups excluding carboxylic acids is 2. The van der Waals surface area contributed by atoms with Crippen LogP contribution in [0.2, 0.25) is 6.32 Å². The molecule has 0 aromatic carbocycles. The molecule has 9 heteroatoms. The van der Waals surface area contributed by atoms with Gasteiger partial charge in [0, 0.05) is 13.2 Å². The Kier molecular flexibility index (Phi) is 7.46. The topological polar surface area (TPSA) is 113 Å². The van der Waals surface area contributed by atoms with E-state index in [1.165, 1.54) is 10.5 Å². The molecule has 1 aliphatic carbocycles. The van der Waals surface area contributed by atoms with Gasteiger partial charge in [0.1, 0.15) is 18.1 Å². The lowest BCUT2D eigenvalue weighted by molar-refractivity contribution is -0.138. The Labute approximate surface area is 217 Å². The molecule has 2 saturated heterocycles. The number of carbonyl (C=O) groups is 2. The fourth-order valence-corrected chi connectivity index (χ4v) is 6.30. The van der Waals surface area contributed by atoms with Gasteiger partial charge in [0.15, 0.2) is 0 Å². The van der Waals surface area contributed by atoms with E-state index < -0.39 is 13.0 Å². The van der Waals surface area contributed by atoms with Crippen LogP contribution in [-0.4, -0.2) is 52.1 Å². The summed E-state index contributed by atoms with van der Waals surface area (Å²) in [6.07, 6.45) is 7.16. The SMILES string of the molecule is CCCC1=C2[C@@H](CC/C(=C/c3ccc(CO)o3)c3ccccn3)OB(O)C[C@@H]2[C@@H]2C(=O)N(C)C(=O)[C@@H]2C1. The summed E-state index contributed by atoms with van der Waals surface area (Å²) in [7, 11) is 0.574. The van der Waals surface area contributed by atoms with E-state index in [2.05, 4.69) is 11.9 Å². The minimum absolute atomic E-state index is 0.110. The number of likely N-dealkylation sites (tertiary alicyclic amines) is 1. The van der Waals surface area contributed by atoms with Crippen molar-refractivity contribution >= 4 is 30.6 Å². The maximum absolute atomic E-state index is 13.1. The maximum Gasteiger partial charge on any atom is 0.455 e. The van der Waals surface area contributed by atoms with Gasteiger partial charge in [0.05, 0.1) is 23.6 Å². The van der Waals surface area contributed by atoms with Crippen LogP contribution >= 0.6 is 0 Å². The van der Waals surface area contributed by atoms with E-state index in [1.54, 1.807) is 19.3 Å². The number of pyridine rings is 1. The minimum Gasteiger partial charge on any atom is -0.459 e. The number of aliphatic hydroxyl groups is 1. The Balaban J connectivity index is 1.47. The monoisotopic (exact) mass is 504 g/mol. The summed E-state index contributed by atoms with van der Waals surface area (Å²) < 4.78 is 11.8. The largest absolute Gasteiger partial charge is 0.459 e. The van der Waals surface area contributed by atoms with Gasteiger partial charge in [-0.05, 0) is 79.4 Å². The molecule has 5 rings (SSSR count). The molecule has 0 saturated carbocycles. The molecule has 0 spiro atoms. The molecule has 0 radical (unpaired) electrons. The molecule has 0 bridgehead atoms. The van der Waals surface area contributed by atoms with Crippen molar-refractivity contribution in [2.75, 3.05) is 7.05 Å². The number of imide groups is 1. The van der Waals surface area contributed by atoms with Crippen LogP contribution in [0.5, 0.6) is 0 Å². The van der Waals surface area contributed by atoms with Crippen LogP contribution in [0, 0.1) is 17.8 Å². The Morgan fingerprint density at radius 3 is 2.76 bits per heavy atom. The van der Waals surface area contributed by atoms with Gasteiger partial charge in [0.25, 0.3) is 0 Å². The van der Waals surface area contributed by atoms with Crippen LogP contribution in [-0.2, 0) is 20.9 Å². The van der Waals surface area contributed by atoms with Crippen LogP contribution in [0.3, 0.4) is 0 Å². The number of hydrogen-bond donors (Lipinski definition) is 2. The Morgan fingerprint density at radius 1 is 1.22 bits per heavy atom. The third-order valence-corrected chi connectivity index (χ3v) is 7.90. The molecule has 194 valence electrons. The molecule has 2 N–H and O–H groups in total. The normalized spacial score (nSPS) is 26.1. The predicted molar refractivity (Wildman–Crippen MR) is 138 cm³/mol. The number of hydrogen-bond acceptors (Lipinski definition) is 7. The number of aliphatic hydroxyl groups excluding tert-OH is 1. The van der Waals surface area contributed by atoms with Gasteiger partial charge >= 0.3 is 7.12 Å². The van der Waals surface area contributed by atoms with Crippen LogP contribution in [0.25, 0.3) is 11.6 Å². The zero-order valence-electron chi connectivity index (χ0n) is 21.3. The molecule has 37 heavy (non-hydrogen) atoms. The lowest BCUT2D eigenvalue weighted by Gasteiger charge is -2.43. The Bertz CT molecular complexity index is 1220. The number of allylic oxidation sites excluding steroid dienone is 2. The van der Waals surface area contributed by atoms with Gasteiger partial charge in [-0.15, -0.1) is 0 Å². The Morgan fingerprint density at radius 2 is 2.05 bits per heavy atom. The molecule has 2 aromatic rings. The van der Waals surface area contributed by atoms with Gasteiger partial charge in [-0.1, -0.05) is 25.0 Å². The van der Waals surface area contributed by atoms with E-state index in [0.29, 0.717) is 37.1 Å². The highest BCUT2D eigenvalue weighted by Crippen LogP contribution is 2.51. The molecule has 4 heterocycles. The average molecular weight is 504 g/mol. The summed E-state index contributed by atoms with van der Waals surface area (Å²) in [5, 5.41) is 20.1. The van der Waals surface area contributed by atoms with E-state index in [1.807, 2.05) is 30.3 Å². The van der Waals surface area contributed by atoms with Crippen LogP contribution in [0.4, 0.5) is 0 Å². The van der Waals surface area contributed by atoms with Crippen molar-refractivity contribution < 1.29 is 28.8 Å². The highest BCUT2D eigenvalue weighted by atomic mass is 16.5. The summed E-state index contributed by atoms with van der Waals surface area (Å²) in [4.78, 5) is 31.7. The Hall–Kier alpha value is -3.01. The molecular weight excluding hydrogens is 471 g/mol. The molecule has 4 atom stereocenters. The summed E-state index contributed by atoms with van der Waals surface area (Å²) >= 11 is 0. The third kappa shape index (κ3) is 4.95. The fraction of sp³-hybridized carbons (Fsp3) is 0.464. The van der Waals surface area contributed by atoms with E-state index >= 15 is 0 Å². The number of rotatable bonds is 8. The first-order chi connectivity index (χ1) is 17.9. The number of furan rings is 1. The molecule has 0 unspecified atom stereocenters. The van der Waals surface area contributed by atoms with Crippen molar-refractivity contribution in [2.24, 2.45) is 17.8 Å². The number of amides is 2. The second kappa shape index (κ2) is 10.8. The zero-order valence-corrected chi connectivity index (χ0v) is 21.3. The lowest BCUT2D eigenvalue weighted by atomic mass is 9.58. The third-order valence-electron chi connectivity index (χ3n) is 7.90. The van der Waals surface area contributed by atoms with Crippen LogP contribution < -0.4 is 0 Å². The van der Waals surface area contributed by atoms with Crippen LogP contribution in [0.1, 0.15) is 56.2 Å². The first-order valence-electron chi connectivity index (χ1n) is 13.1. The fourth-order valence-electron chi connectivity index (χ4n) is 6.30. The number of fused-ring (bicyclic) bond motifs is 3. The number of nitrogens with zero attached hydrogens (tertiary/aromatic N) is 2. The van der Waals surface area contributed by atoms with Gasteiger partial charge in [-0.25, -0.2) is 0 Å². The standard InChI is InChI=1S/C28H33BN2O6/c1-3-6-18-14-21-26(28(34)31(2)27(21)33)22-15-29(35)37-24(25(18)22)11-8-17(23-7-4-5-12-30-23)13-19-9-10-20(16-32)36-19/h4-5,7,9-10,12-13,21-22,24,26,32,35H,3,6,8,11,14-16H2,1-2H3/b17-13-/t21-,22+,24-,26-/m1/s1. The van der Waals surface area contributed by atoms with Crippen LogP contribution in [0.15, 0.2) is 52.1 Å². The molecule has 2 aromatic heterocycles. The van der Waals surface area contributed by atoms with Gasteiger partial charge < -0.3 is 19.2 Å². The average Bonchev–Trinajstić information content (AvgIpc) is 3.45. The summed E-state index contributed by atoms with van der Waals surface area (Å²) in [6, 6.07) is 9.28. The highest BCUT2D eigenvalue weighted by Gasteiger charge is 2.56. The number of aromatic nitrogens is 1. The van der Waals surface area contributed by atoms with Crippen molar-refractivity contribution in [3.63, 3.8) is 0 Å². The second-order valence-corrected chi connectivity index (χ2v) is 10.2. The van der Waals surface area contributed by atoms with Crippen molar-refractivity contribution in [3.05, 3.63) is 64.9 Å². The molecule has 3 aliphatic rings. The summed E-state index contributed by atoms with van der Waals surface area (Å²) in [5.41, 5.74) is 4.05. The quantitative estimate of drug-likeness (QED) is 0.320. The maximum atomic E-state index is 13.1. The molecule has 2 amide bonds. The highest BCUT2D eigenvalue weighted by molar-refractivity contribution is 6.43. The lowest BCUT2D eigenvalue weighted by Crippen LogP contribution is -2.46. The van der Waals surface area contributed by atoms with Crippen molar-refractivity contribution in [2.45, 2.75) is 58.1 Å². The predicted octanol–water partition coefficient (Wildman–Crippen LogP) is 3.71. The smallest absolute Gasteiger partial charge is 0.455 e. The van der Waals surface area contributed by atoms with E-state index in [9.17, 15) is 19.7 Å². The molecule has 2 fully saturated rings. The summed E-state index contributed by atoms with van der Waals surface area (Å²) in [6.45, 7) is 1.94. The van der Waals surface area contributed by atoms with Gasteiger partial charge in [-0.3, -0.25) is 19.5 Å². The minimum atomic E-state index is -0.992. The zero-order chi connectivity index (χ0) is 26.1.